The molecule has 110 valence electrons. The average molecular weight is 275 g/mol. The zero-order valence-electron chi connectivity index (χ0n) is 12.8. The Morgan fingerprint density at radius 1 is 1.20 bits per heavy atom. The molecule has 2 atom stereocenters. The van der Waals surface area contributed by atoms with E-state index < -0.39 is 15.9 Å². The molecule has 0 spiro atoms. The zero-order chi connectivity index (χ0) is 15.0. The molecule has 1 N–H and O–H groups in total. The summed E-state index contributed by atoms with van der Waals surface area (Å²) in [6, 6.07) is 10.0. The lowest BCUT2D eigenvalue weighted by molar-refractivity contribution is -1.14. The third-order valence-electron chi connectivity index (χ3n) is 4.90. The lowest BCUT2D eigenvalue weighted by atomic mass is 9.73. The van der Waals surface area contributed by atoms with Crippen molar-refractivity contribution in [3.63, 3.8) is 0 Å². The van der Waals surface area contributed by atoms with Gasteiger partial charge in [-0.1, -0.05) is 42.5 Å². The first-order chi connectivity index (χ1) is 9.18. The summed E-state index contributed by atoms with van der Waals surface area (Å²) in [5.74, 6) is 0.0678. The van der Waals surface area contributed by atoms with Crippen LogP contribution in [0.2, 0.25) is 0 Å². The molecule has 0 bridgehead atoms. The summed E-state index contributed by atoms with van der Waals surface area (Å²) in [5, 5.41) is 23.2. The number of hydroxylamine groups is 4. The van der Waals surface area contributed by atoms with Crippen molar-refractivity contribution in [2.45, 2.75) is 51.6 Å². The van der Waals surface area contributed by atoms with Gasteiger partial charge in [-0.3, -0.25) is 0 Å². The SMILES string of the molecule is CC1(C)CCC(C=Cc2ccccc2)C(C)(C)[N+]1([O-])O. The standard InChI is InChI=1S/C17H25NO2/c1-16(2)13-12-15(17(3,4)18(16,19)20)11-10-14-8-6-5-7-9-14/h5-11,15,19H,12-13H2,1-4H3. The van der Waals surface area contributed by atoms with E-state index in [4.69, 9.17) is 0 Å². The molecule has 0 radical (unpaired) electrons. The van der Waals surface area contributed by atoms with Crippen molar-refractivity contribution in [2.24, 2.45) is 5.92 Å². The Kier molecular flexibility index (Phi) is 3.80. The molecule has 0 aromatic heterocycles. The van der Waals surface area contributed by atoms with E-state index >= 15 is 0 Å². The summed E-state index contributed by atoms with van der Waals surface area (Å²) in [6.45, 7) is 7.42. The van der Waals surface area contributed by atoms with Gasteiger partial charge in [0.25, 0.3) is 0 Å². The summed E-state index contributed by atoms with van der Waals surface area (Å²) < 4.78 is 0. The molecule has 2 unspecified atom stereocenters. The van der Waals surface area contributed by atoms with E-state index in [-0.39, 0.29) is 5.92 Å². The minimum Gasteiger partial charge on any atom is -0.598 e. The Morgan fingerprint density at radius 3 is 2.40 bits per heavy atom. The molecule has 20 heavy (non-hydrogen) atoms. The van der Waals surface area contributed by atoms with Crippen LogP contribution in [0.3, 0.4) is 0 Å². The molecule has 1 aromatic carbocycles. The van der Waals surface area contributed by atoms with Gasteiger partial charge in [0.1, 0.15) is 11.1 Å². The quantitative estimate of drug-likeness (QED) is 0.643. The van der Waals surface area contributed by atoms with Crippen LogP contribution in [0.4, 0.5) is 0 Å². The molecule has 1 aliphatic heterocycles. The Hall–Kier alpha value is -1.16. The van der Waals surface area contributed by atoms with Crippen molar-refractivity contribution >= 4 is 6.08 Å². The Labute approximate surface area is 121 Å². The van der Waals surface area contributed by atoms with Crippen molar-refractivity contribution in [2.75, 3.05) is 0 Å². The number of quaternary nitrogens is 1. The van der Waals surface area contributed by atoms with Crippen LogP contribution in [0.25, 0.3) is 6.08 Å². The van der Waals surface area contributed by atoms with Gasteiger partial charge in [0.2, 0.25) is 0 Å². The van der Waals surface area contributed by atoms with Crippen molar-refractivity contribution < 1.29 is 10.0 Å². The molecule has 0 saturated carbocycles. The maximum Gasteiger partial charge on any atom is 0.129 e. The van der Waals surface area contributed by atoms with E-state index in [1.54, 1.807) is 0 Å². The van der Waals surface area contributed by atoms with Gasteiger partial charge in [0.15, 0.2) is 0 Å². The largest absolute Gasteiger partial charge is 0.598 e. The van der Waals surface area contributed by atoms with Gasteiger partial charge in [-0.2, -0.15) is 0 Å². The lowest BCUT2D eigenvalue weighted by Gasteiger charge is -2.61. The first kappa shape index (κ1) is 15.2. The van der Waals surface area contributed by atoms with Crippen molar-refractivity contribution in [3.05, 3.63) is 47.2 Å². The Balaban J connectivity index is 2.24. The Morgan fingerprint density at radius 2 is 1.80 bits per heavy atom. The molecule has 3 heteroatoms. The van der Waals surface area contributed by atoms with E-state index in [1.807, 2.05) is 64.1 Å². The number of rotatable bonds is 2. The van der Waals surface area contributed by atoms with E-state index in [1.165, 1.54) is 0 Å². The lowest BCUT2D eigenvalue weighted by Crippen LogP contribution is -2.70. The molecule has 0 amide bonds. The maximum atomic E-state index is 12.7. The third kappa shape index (κ3) is 2.41. The number of hydrogen-bond acceptors (Lipinski definition) is 2. The highest BCUT2D eigenvalue weighted by atomic mass is 16.8. The fraction of sp³-hybridized carbons (Fsp3) is 0.529. The first-order valence-electron chi connectivity index (χ1n) is 7.25. The van der Waals surface area contributed by atoms with Crippen molar-refractivity contribution in [1.82, 2.24) is 0 Å². The molecule has 2 rings (SSSR count). The van der Waals surface area contributed by atoms with E-state index in [0.29, 0.717) is 0 Å². The molecule has 1 heterocycles. The monoisotopic (exact) mass is 275 g/mol. The molecular formula is C17H25NO2. The second kappa shape index (κ2) is 4.99. The van der Waals surface area contributed by atoms with Crippen LogP contribution in [0.5, 0.6) is 0 Å². The van der Waals surface area contributed by atoms with E-state index in [2.05, 4.69) is 6.08 Å². The van der Waals surface area contributed by atoms with Crippen LogP contribution < -0.4 is 0 Å². The summed E-state index contributed by atoms with van der Waals surface area (Å²) in [6.07, 6.45) is 5.77. The van der Waals surface area contributed by atoms with Gasteiger partial charge < -0.3 is 5.21 Å². The van der Waals surface area contributed by atoms with Gasteiger partial charge >= 0.3 is 0 Å². The predicted octanol–water partition coefficient (Wildman–Crippen LogP) is 4.37. The minimum absolute atomic E-state index is 0.0678. The van der Waals surface area contributed by atoms with Crippen LogP contribution in [-0.2, 0) is 0 Å². The van der Waals surface area contributed by atoms with E-state index in [0.717, 1.165) is 18.4 Å². The van der Waals surface area contributed by atoms with Gasteiger partial charge in [-0.05, 0) is 39.7 Å². The number of hydrogen-bond donors (Lipinski definition) is 1. The predicted molar refractivity (Wildman–Crippen MR) is 81.8 cm³/mol. The van der Waals surface area contributed by atoms with Crippen LogP contribution in [0.1, 0.15) is 46.1 Å². The van der Waals surface area contributed by atoms with Crippen molar-refractivity contribution in [3.8, 4) is 0 Å². The zero-order valence-corrected chi connectivity index (χ0v) is 12.8. The average Bonchev–Trinajstić information content (AvgIpc) is 2.37. The molecule has 1 aliphatic rings. The van der Waals surface area contributed by atoms with Gasteiger partial charge in [-0.25, -0.2) is 10.0 Å². The number of piperidine rings is 1. The summed E-state index contributed by atoms with van der Waals surface area (Å²) in [5.41, 5.74) is -0.275. The maximum absolute atomic E-state index is 12.7. The summed E-state index contributed by atoms with van der Waals surface area (Å²) in [7, 11) is 0. The molecule has 1 fully saturated rings. The third-order valence-corrected chi connectivity index (χ3v) is 4.90. The molecule has 0 aliphatic carbocycles. The molecule has 1 saturated heterocycles. The fourth-order valence-electron chi connectivity index (χ4n) is 3.14. The minimum atomic E-state index is -1.18. The van der Waals surface area contributed by atoms with Crippen LogP contribution >= 0.6 is 0 Å². The highest BCUT2D eigenvalue weighted by Crippen LogP contribution is 2.46. The summed E-state index contributed by atoms with van der Waals surface area (Å²) in [4.78, 5) is -1.18. The normalized spacial score (nSPS) is 32.4. The van der Waals surface area contributed by atoms with E-state index in [9.17, 15) is 10.4 Å². The van der Waals surface area contributed by atoms with Crippen LogP contribution in [0, 0.1) is 11.1 Å². The first-order valence-corrected chi connectivity index (χ1v) is 7.25. The summed E-state index contributed by atoms with van der Waals surface area (Å²) >= 11 is 0. The number of nitrogens with zero attached hydrogens (tertiary/aromatic N) is 1. The van der Waals surface area contributed by atoms with Crippen LogP contribution in [0.15, 0.2) is 36.4 Å². The van der Waals surface area contributed by atoms with Gasteiger partial charge in [0.05, 0.1) is 0 Å². The highest BCUT2D eigenvalue weighted by Gasteiger charge is 2.55. The van der Waals surface area contributed by atoms with Gasteiger partial charge in [0, 0.05) is 12.3 Å². The second-order valence-electron chi connectivity index (χ2n) is 6.96. The molecule has 1 aromatic rings. The Bertz CT molecular complexity index is 489. The number of benzene rings is 1. The van der Waals surface area contributed by atoms with Crippen molar-refractivity contribution in [1.29, 1.82) is 0 Å². The topological polar surface area (TPSA) is 43.3 Å². The highest BCUT2D eigenvalue weighted by molar-refractivity contribution is 5.49. The molecular weight excluding hydrogens is 250 g/mol. The van der Waals surface area contributed by atoms with Crippen LogP contribution in [-0.4, -0.2) is 21.1 Å². The smallest absolute Gasteiger partial charge is 0.129 e. The van der Waals surface area contributed by atoms with Gasteiger partial charge in [-0.15, -0.1) is 0 Å². The second-order valence-corrected chi connectivity index (χ2v) is 6.96. The molecule has 3 nitrogen and oxygen atoms in total. The fourth-order valence-corrected chi connectivity index (χ4v) is 3.14.